The summed E-state index contributed by atoms with van der Waals surface area (Å²) in [4.78, 5) is 21.7. The molecule has 0 spiro atoms. The summed E-state index contributed by atoms with van der Waals surface area (Å²) in [6.45, 7) is 5.84. The minimum Gasteiger partial charge on any atom is -0.351 e. The summed E-state index contributed by atoms with van der Waals surface area (Å²) >= 11 is 2.39. The van der Waals surface area contributed by atoms with Crippen LogP contribution in [0.1, 0.15) is 60.5 Å². The first kappa shape index (κ1) is 25.2. The van der Waals surface area contributed by atoms with Gasteiger partial charge in [0, 0.05) is 24.2 Å². The lowest BCUT2D eigenvalue weighted by atomic mass is 9.79. The van der Waals surface area contributed by atoms with Gasteiger partial charge in [0.1, 0.15) is 3.55 Å². The van der Waals surface area contributed by atoms with Gasteiger partial charge in [-0.25, -0.2) is 4.99 Å². The van der Waals surface area contributed by atoms with Gasteiger partial charge in [-0.15, -0.1) is 0 Å². The van der Waals surface area contributed by atoms with E-state index in [1.54, 1.807) is 0 Å². The van der Waals surface area contributed by atoms with Crippen molar-refractivity contribution in [1.29, 1.82) is 5.41 Å². The average Bonchev–Trinajstić information content (AvgIpc) is 2.82. The zero-order valence-electron chi connectivity index (χ0n) is 20.3. The van der Waals surface area contributed by atoms with Crippen LogP contribution in [-0.2, 0) is 0 Å². The van der Waals surface area contributed by atoms with Crippen LogP contribution >= 0.6 is 22.6 Å². The molecule has 2 aromatic carbocycles. The number of carbonyl (C=O) groups excluding carboxylic acids is 1. The van der Waals surface area contributed by atoms with Crippen LogP contribution in [0.2, 0.25) is 0 Å². The third-order valence-corrected chi connectivity index (χ3v) is 7.61. The van der Waals surface area contributed by atoms with E-state index in [4.69, 9.17) is 5.41 Å². The van der Waals surface area contributed by atoms with Gasteiger partial charge in [0.25, 0.3) is 5.91 Å². The number of benzene rings is 2. The normalized spacial score (nSPS) is 20.8. The summed E-state index contributed by atoms with van der Waals surface area (Å²) in [7, 11) is 0. The molecule has 1 amide bonds. The van der Waals surface area contributed by atoms with E-state index in [-0.39, 0.29) is 15.3 Å². The van der Waals surface area contributed by atoms with Gasteiger partial charge in [0.15, 0.2) is 5.84 Å². The van der Waals surface area contributed by atoms with E-state index in [2.05, 4.69) is 63.4 Å². The quantitative estimate of drug-likeness (QED) is 0.123. The van der Waals surface area contributed by atoms with Crippen molar-refractivity contribution in [3.63, 3.8) is 0 Å². The molecule has 6 heteroatoms. The van der Waals surface area contributed by atoms with E-state index < -0.39 is 0 Å². The molecule has 1 unspecified atom stereocenters. The second kappa shape index (κ2) is 11.2. The SMILES string of the molecule is CC=C(C(=N)/N=C\C#Cc1ccccc1)N1CCN(C(=O)c2cccc(C3CCC3)c2)CC1(C)I. The number of halogens is 1. The summed E-state index contributed by atoms with van der Waals surface area (Å²) in [6.07, 6.45) is 7.13. The molecule has 1 aliphatic heterocycles. The van der Waals surface area contributed by atoms with Crippen LogP contribution in [0.25, 0.3) is 0 Å². The van der Waals surface area contributed by atoms with Gasteiger partial charge in [0.2, 0.25) is 0 Å². The lowest BCUT2D eigenvalue weighted by Crippen LogP contribution is -2.58. The number of hydrogen-bond acceptors (Lipinski definition) is 3. The maximum absolute atomic E-state index is 13.3. The number of alkyl halides is 1. The van der Waals surface area contributed by atoms with Gasteiger partial charge >= 0.3 is 0 Å². The summed E-state index contributed by atoms with van der Waals surface area (Å²) in [5.74, 6) is 6.81. The molecule has 2 aromatic rings. The Morgan fingerprint density at radius 3 is 2.60 bits per heavy atom. The molecule has 1 atom stereocenters. The van der Waals surface area contributed by atoms with E-state index in [0.717, 1.165) is 16.8 Å². The molecule has 1 aliphatic carbocycles. The minimum atomic E-state index is -0.364. The van der Waals surface area contributed by atoms with Crippen LogP contribution in [0, 0.1) is 17.3 Å². The fourth-order valence-corrected chi connectivity index (χ4v) is 5.49. The Bertz CT molecular complexity index is 1200. The predicted octanol–water partition coefficient (Wildman–Crippen LogP) is 5.87. The summed E-state index contributed by atoms with van der Waals surface area (Å²) in [5.41, 5.74) is 3.72. The lowest BCUT2D eigenvalue weighted by Gasteiger charge is -2.47. The molecule has 0 bridgehead atoms. The molecule has 35 heavy (non-hydrogen) atoms. The third kappa shape index (κ3) is 6.02. The number of allylic oxidation sites excluding steroid dienone is 1. The molecule has 2 fully saturated rings. The van der Waals surface area contributed by atoms with Crippen LogP contribution in [0.5, 0.6) is 0 Å². The third-order valence-electron chi connectivity index (χ3n) is 6.69. The smallest absolute Gasteiger partial charge is 0.254 e. The van der Waals surface area contributed by atoms with Crippen molar-refractivity contribution >= 4 is 40.5 Å². The van der Waals surface area contributed by atoms with Crippen LogP contribution in [0.4, 0.5) is 0 Å². The number of aliphatic imine (C=N–C) groups is 1. The molecule has 4 rings (SSSR count). The highest BCUT2D eigenvalue weighted by Crippen LogP contribution is 2.37. The Kier molecular flexibility index (Phi) is 8.07. The number of amides is 1. The van der Waals surface area contributed by atoms with Crippen molar-refractivity contribution in [1.82, 2.24) is 9.80 Å². The molecular formula is C29H31IN4O. The first-order chi connectivity index (χ1) is 16.9. The molecular weight excluding hydrogens is 547 g/mol. The van der Waals surface area contributed by atoms with Gasteiger partial charge < -0.3 is 9.80 Å². The molecule has 1 saturated carbocycles. The Morgan fingerprint density at radius 2 is 1.94 bits per heavy atom. The maximum Gasteiger partial charge on any atom is 0.254 e. The highest BCUT2D eigenvalue weighted by Gasteiger charge is 2.39. The van der Waals surface area contributed by atoms with Crippen molar-refractivity contribution in [3.05, 3.63) is 83.1 Å². The lowest BCUT2D eigenvalue weighted by molar-refractivity contribution is 0.0571. The molecule has 1 saturated heterocycles. The van der Waals surface area contributed by atoms with Gasteiger partial charge in [-0.1, -0.05) is 71.3 Å². The molecule has 180 valence electrons. The van der Waals surface area contributed by atoms with Crippen molar-refractivity contribution in [2.75, 3.05) is 19.6 Å². The second-order valence-corrected chi connectivity index (χ2v) is 11.5. The van der Waals surface area contributed by atoms with E-state index in [9.17, 15) is 4.79 Å². The number of nitrogens with one attached hydrogen (secondary N) is 1. The fourth-order valence-electron chi connectivity index (χ4n) is 4.58. The predicted molar refractivity (Wildman–Crippen MR) is 151 cm³/mol. The largest absolute Gasteiger partial charge is 0.351 e. The Hall–Kier alpha value is -2.92. The standard InChI is InChI=1S/C29H31IN4O/c1-3-26(27(31)32-17-9-12-22-10-5-4-6-11-22)34-19-18-33(21-29(34,2)30)28(35)25-16-8-15-24(20-25)23-13-7-14-23/h3-6,8,10-11,15-17,20,23,31H,7,13-14,18-19,21H2,1-2H3/b26-3?,31-27?,32-17-. The molecule has 2 aliphatic rings. The second-order valence-electron chi connectivity index (χ2n) is 9.19. The number of amidine groups is 1. The van der Waals surface area contributed by atoms with Crippen LogP contribution < -0.4 is 0 Å². The van der Waals surface area contributed by atoms with E-state index >= 15 is 0 Å². The number of piperazine rings is 1. The van der Waals surface area contributed by atoms with E-state index in [1.165, 1.54) is 31.0 Å². The van der Waals surface area contributed by atoms with Crippen LogP contribution in [0.15, 0.2) is 71.4 Å². The van der Waals surface area contributed by atoms with Gasteiger partial charge in [-0.2, -0.15) is 0 Å². The molecule has 0 radical (unpaired) electrons. The molecule has 0 aromatic heterocycles. The minimum absolute atomic E-state index is 0.0834. The molecule has 1 heterocycles. The van der Waals surface area contributed by atoms with Gasteiger partial charge in [-0.05, 0) is 68.4 Å². The van der Waals surface area contributed by atoms with E-state index in [1.807, 2.05) is 60.4 Å². The first-order valence-electron chi connectivity index (χ1n) is 12.1. The van der Waals surface area contributed by atoms with E-state index in [0.29, 0.717) is 25.6 Å². The Balaban J connectivity index is 1.42. The summed E-state index contributed by atoms with van der Waals surface area (Å²) in [5, 5.41) is 8.54. The van der Waals surface area contributed by atoms with Crippen molar-refractivity contribution in [2.45, 2.75) is 42.6 Å². The van der Waals surface area contributed by atoms with Crippen LogP contribution in [-0.4, -0.2) is 50.9 Å². The first-order valence-corrected chi connectivity index (χ1v) is 13.2. The number of rotatable bonds is 4. The Morgan fingerprint density at radius 1 is 1.17 bits per heavy atom. The van der Waals surface area contributed by atoms with Crippen molar-refractivity contribution < 1.29 is 4.79 Å². The topological polar surface area (TPSA) is 59.8 Å². The van der Waals surface area contributed by atoms with Gasteiger partial charge in [-0.3, -0.25) is 10.2 Å². The highest BCUT2D eigenvalue weighted by atomic mass is 127. The number of hydrogen-bond donors (Lipinski definition) is 1. The molecule has 5 nitrogen and oxygen atoms in total. The monoisotopic (exact) mass is 578 g/mol. The summed E-state index contributed by atoms with van der Waals surface area (Å²) < 4.78 is -0.364. The zero-order chi connectivity index (χ0) is 24.8. The number of carbonyl (C=O) groups is 1. The van der Waals surface area contributed by atoms with Crippen LogP contribution in [0.3, 0.4) is 0 Å². The van der Waals surface area contributed by atoms with Crippen molar-refractivity contribution in [2.24, 2.45) is 4.99 Å². The van der Waals surface area contributed by atoms with Gasteiger partial charge in [0.05, 0.1) is 18.5 Å². The Labute approximate surface area is 222 Å². The fraction of sp³-hybridized carbons (Fsp3) is 0.345. The number of nitrogens with zero attached hydrogens (tertiary/aromatic N) is 3. The molecule has 1 N–H and O–H groups in total. The average molecular weight is 578 g/mol. The zero-order valence-corrected chi connectivity index (χ0v) is 22.5. The maximum atomic E-state index is 13.3. The van der Waals surface area contributed by atoms with Crippen molar-refractivity contribution in [3.8, 4) is 11.8 Å². The summed E-state index contributed by atoms with van der Waals surface area (Å²) in [6, 6.07) is 17.9. The highest BCUT2D eigenvalue weighted by molar-refractivity contribution is 14.1.